The van der Waals surface area contributed by atoms with Gasteiger partial charge in [0.2, 0.25) is 0 Å². The molecule has 0 unspecified atom stereocenters. The zero-order chi connectivity index (χ0) is 16.1. The molecule has 0 radical (unpaired) electrons. The summed E-state index contributed by atoms with van der Waals surface area (Å²) in [5.41, 5.74) is 5.50. The second kappa shape index (κ2) is 21.2. The van der Waals surface area contributed by atoms with E-state index in [-0.39, 0.29) is 0 Å². The predicted molar refractivity (Wildman–Crippen MR) is 103 cm³/mol. The highest BCUT2D eigenvalue weighted by Crippen LogP contribution is 2.14. The number of halogens is 1. The molecular weight excluding hydrogens is 290 g/mol. The van der Waals surface area contributed by atoms with E-state index in [1.807, 2.05) is 0 Å². The average molecular weight is 332 g/mol. The van der Waals surface area contributed by atoms with Gasteiger partial charge in [0, 0.05) is 5.88 Å². The summed E-state index contributed by atoms with van der Waals surface area (Å²) in [4.78, 5) is 0. The van der Waals surface area contributed by atoms with Crippen LogP contribution >= 0.6 is 11.6 Å². The summed E-state index contributed by atoms with van der Waals surface area (Å²) in [7, 11) is 0. The third kappa shape index (κ3) is 20.2. The van der Waals surface area contributed by atoms with Crippen LogP contribution in [0.25, 0.3) is 0 Å². The van der Waals surface area contributed by atoms with Gasteiger partial charge >= 0.3 is 0 Å². The van der Waals surface area contributed by atoms with Gasteiger partial charge in [0.1, 0.15) is 0 Å². The van der Waals surface area contributed by atoms with Gasteiger partial charge in [-0.3, -0.25) is 0 Å². The van der Waals surface area contributed by atoms with E-state index in [0.717, 1.165) is 12.4 Å². The molecule has 0 bridgehead atoms. The molecule has 0 amide bonds. The molecule has 0 rings (SSSR count). The van der Waals surface area contributed by atoms with E-state index in [0.29, 0.717) is 0 Å². The van der Waals surface area contributed by atoms with E-state index in [9.17, 15) is 0 Å². The molecular formula is C20H42ClN. The SMILES string of the molecule is NCCCCCCCCCCCCCCCCCCCCCl. The van der Waals surface area contributed by atoms with E-state index in [2.05, 4.69) is 0 Å². The van der Waals surface area contributed by atoms with E-state index in [4.69, 9.17) is 17.3 Å². The molecule has 2 heteroatoms. The lowest BCUT2D eigenvalue weighted by Crippen LogP contribution is -1.97. The quantitative estimate of drug-likeness (QED) is 0.196. The highest BCUT2D eigenvalue weighted by molar-refractivity contribution is 6.17. The van der Waals surface area contributed by atoms with Gasteiger partial charge in [0.25, 0.3) is 0 Å². The van der Waals surface area contributed by atoms with Gasteiger partial charge in [-0.15, -0.1) is 11.6 Å². The number of alkyl halides is 1. The smallest absolute Gasteiger partial charge is 0.0223 e. The van der Waals surface area contributed by atoms with E-state index in [1.54, 1.807) is 0 Å². The highest BCUT2D eigenvalue weighted by Gasteiger charge is 1.94. The van der Waals surface area contributed by atoms with Gasteiger partial charge in [-0.05, 0) is 19.4 Å². The number of nitrogens with two attached hydrogens (primary N) is 1. The van der Waals surface area contributed by atoms with Crippen molar-refractivity contribution in [2.75, 3.05) is 12.4 Å². The fourth-order valence-electron chi connectivity index (χ4n) is 3.07. The van der Waals surface area contributed by atoms with Crippen LogP contribution in [-0.4, -0.2) is 12.4 Å². The Bertz CT molecular complexity index is 165. The normalized spacial score (nSPS) is 11.2. The summed E-state index contributed by atoms with van der Waals surface area (Å²) in [6.07, 6.45) is 25.2. The molecule has 0 aliphatic rings. The lowest BCUT2D eigenvalue weighted by atomic mass is 10.0. The minimum Gasteiger partial charge on any atom is -0.330 e. The summed E-state index contributed by atoms with van der Waals surface area (Å²) in [5, 5.41) is 0. The molecule has 0 aromatic rings. The Kier molecular flexibility index (Phi) is 21.5. The van der Waals surface area contributed by atoms with E-state index in [1.165, 1.54) is 116 Å². The second-order valence-corrected chi connectivity index (χ2v) is 7.22. The number of unbranched alkanes of at least 4 members (excludes halogenated alkanes) is 17. The van der Waals surface area contributed by atoms with Crippen LogP contribution in [0.4, 0.5) is 0 Å². The lowest BCUT2D eigenvalue weighted by molar-refractivity contribution is 0.525. The van der Waals surface area contributed by atoms with Crippen molar-refractivity contribution >= 4 is 11.6 Å². The van der Waals surface area contributed by atoms with Crippen LogP contribution in [0.1, 0.15) is 116 Å². The maximum absolute atomic E-state index is 5.67. The van der Waals surface area contributed by atoms with Crippen LogP contribution in [0, 0.1) is 0 Å². The third-order valence-electron chi connectivity index (χ3n) is 4.59. The standard InChI is InChI=1S/C20H42ClN/c21-19-17-15-13-11-9-7-5-3-1-2-4-6-8-10-12-14-16-18-20-22/h1-20,22H2. The van der Waals surface area contributed by atoms with Crippen molar-refractivity contribution < 1.29 is 0 Å². The summed E-state index contributed by atoms with van der Waals surface area (Å²) in [6.45, 7) is 0.869. The summed E-state index contributed by atoms with van der Waals surface area (Å²) in [5.74, 6) is 0.842. The second-order valence-electron chi connectivity index (χ2n) is 6.84. The minimum absolute atomic E-state index is 0.842. The Labute approximate surface area is 145 Å². The van der Waals surface area contributed by atoms with Crippen molar-refractivity contribution in [3.05, 3.63) is 0 Å². The molecule has 0 atom stereocenters. The first-order valence-electron chi connectivity index (χ1n) is 10.2. The zero-order valence-electron chi connectivity index (χ0n) is 15.1. The fourth-order valence-corrected chi connectivity index (χ4v) is 3.26. The topological polar surface area (TPSA) is 26.0 Å². The number of hydrogen-bond acceptors (Lipinski definition) is 1. The molecule has 0 saturated heterocycles. The monoisotopic (exact) mass is 331 g/mol. The third-order valence-corrected chi connectivity index (χ3v) is 4.86. The molecule has 0 aromatic heterocycles. The summed E-state index contributed by atoms with van der Waals surface area (Å²) >= 11 is 5.67. The van der Waals surface area contributed by atoms with Crippen molar-refractivity contribution in [2.45, 2.75) is 116 Å². The minimum atomic E-state index is 0.842. The molecule has 134 valence electrons. The molecule has 0 aliphatic carbocycles. The molecule has 0 saturated carbocycles. The van der Waals surface area contributed by atoms with Gasteiger partial charge in [0.05, 0.1) is 0 Å². The number of hydrogen-bond donors (Lipinski definition) is 1. The highest BCUT2D eigenvalue weighted by atomic mass is 35.5. The van der Waals surface area contributed by atoms with Crippen molar-refractivity contribution in [3.63, 3.8) is 0 Å². The first kappa shape index (κ1) is 22.2. The molecule has 22 heavy (non-hydrogen) atoms. The Morgan fingerprint density at radius 1 is 0.364 bits per heavy atom. The summed E-state index contributed by atoms with van der Waals surface area (Å²) < 4.78 is 0. The van der Waals surface area contributed by atoms with Gasteiger partial charge in [-0.1, -0.05) is 103 Å². The first-order chi connectivity index (χ1) is 10.9. The maximum Gasteiger partial charge on any atom is 0.0223 e. The van der Waals surface area contributed by atoms with Gasteiger partial charge in [-0.2, -0.15) is 0 Å². The first-order valence-corrected chi connectivity index (χ1v) is 10.7. The van der Waals surface area contributed by atoms with E-state index >= 15 is 0 Å². The van der Waals surface area contributed by atoms with Crippen molar-refractivity contribution in [1.82, 2.24) is 0 Å². The van der Waals surface area contributed by atoms with Crippen LogP contribution in [0.15, 0.2) is 0 Å². The molecule has 1 nitrogen and oxygen atoms in total. The number of rotatable bonds is 19. The van der Waals surface area contributed by atoms with Crippen molar-refractivity contribution in [3.8, 4) is 0 Å². The van der Waals surface area contributed by atoms with Crippen LogP contribution in [0.3, 0.4) is 0 Å². The van der Waals surface area contributed by atoms with Gasteiger partial charge in [-0.25, -0.2) is 0 Å². The van der Waals surface area contributed by atoms with Crippen molar-refractivity contribution in [1.29, 1.82) is 0 Å². The molecule has 0 heterocycles. The molecule has 0 aliphatic heterocycles. The Morgan fingerprint density at radius 2 is 0.591 bits per heavy atom. The van der Waals surface area contributed by atoms with Gasteiger partial charge < -0.3 is 5.73 Å². The summed E-state index contributed by atoms with van der Waals surface area (Å²) in [6, 6.07) is 0. The van der Waals surface area contributed by atoms with Crippen LogP contribution in [-0.2, 0) is 0 Å². The van der Waals surface area contributed by atoms with Crippen molar-refractivity contribution in [2.24, 2.45) is 5.73 Å². The Hall–Kier alpha value is 0.250. The molecule has 2 N–H and O–H groups in total. The van der Waals surface area contributed by atoms with Crippen LogP contribution < -0.4 is 5.73 Å². The fraction of sp³-hybridized carbons (Fsp3) is 1.00. The van der Waals surface area contributed by atoms with Crippen LogP contribution in [0.5, 0.6) is 0 Å². The lowest BCUT2D eigenvalue weighted by Gasteiger charge is -2.03. The molecule has 0 aromatic carbocycles. The molecule has 0 spiro atoms. The van der Waals surface area contributed by atoms with Crippen LogP contribution in [0.2, 0.25) is 0 Å². The van der Waals surface area contributed by atoms with Gasteiger partial charge in [0.15, 0.2) is 0 Å². The Balaban J connectivity index is 2.91. The Morgan fingerprint density at radius 3 is 0.818 bits per heavy atom. The molecule has 0 fully saturated rings. The van der Waals surface area contributed by atoms with E-state index < -0.39 is 0 Å². The maximum atomic E-state index is 5.67. The zero-order valence-corrected chi connectivity index (χ0v) is 15.9. The largest absolute Gasteiger partial charge is 0.330 e. The average Bonchev–Trinajstić information content (AvgIpc) is 2.54. The predicted octanol–water partition coefficient (Wildman–Crippen LogP) is 7.21.